The third-order valence-corrected chi connectivity index (χ3v) is 16.6. The van der Waals surface area contributed by atoms with E-state index < -0.39 is 83.6 Å². The second-order valence-electron chi connectivity index (χ2n) is 18.6. The fourth-order valence-corrected chi connectivity index (χ4v) is 12.3. The number of allylic oxidation sites excluding steroid dienone is 8. The highest BCUT2D eigenvalue weighted by Gasteiger charge is 2.47. The van der Waals surface area contributed by atoms with Crippen LogP contribution in [0.4, 0.5) is 11.4 Å². The zero-order chi connectivity index (χ0) is 54.6. The molecule has 0 saturated heterocycles. The number of rotatable bonds is 24. The smallest absolute Gasteiger partial charge is 0.303 e. The Bertz CT molecular complexity index is 3510. The lowest BCUT2D eigenvalue weighted by Crippen LogP contribution is -2.31. The number of aliphatic carboxylic acids is 1. The van der Waals surface area contributed by atoms with Crippen LogP contribution >= 0.6 is 0 Å². The van der Waals surface area contributed by atoms with Crippen molar-refractivity contribution < 1.29 is 80.6 Å². The van der Waals surface area contributed by atoms with Gasteiger partial charge in [0.15, 0.2) is 5.71 Å². The predicted octanol–water partition coefficient (Wildman–Crippen LogP) is 6.78. The first-order valence-electron chi connectivity index (χ1n) is 23.3. The standard InChI is InChI=1S/C50H59N3O17S4/c1-49(2)43(52(24-13-9-12-17-45(54)55)40-20-18-35-37(46(40)49)29-33(72(60,61)62)31-39(35)48(56)51-23-26-69-4)15-10-7-6-8-11-16-44-50(3,22-14-28-71(57,58)59)47-38-30-34(73(63,64)65)32-42(74(66,67)68)36(38)19-21-41(47)53(44)25-27-70-5/h6-8,10-11,15-16,18-21,29-32H,9,12-14,17,22-28H2,1-5H3,(H5-,51,54,55,56,57,58,59,60,61,62,63,64,65,66,67,68)/p+1. The first-order chi connectivity index (χ1) is 34.6. The van der Waals surface area contributed by atoms with Gasteiger partial charge in [0.2, 0.25) is 5.69 Å². The summed E-state index contributed by atoms with van der Waals surface area (Å²) in [6.45, 7) is 6.83. The average Bonchev–Trinajstić information content (AvgIpc) is 3.67. The molecule has 4 aromatic rings. The van der Waals surface area contributed by atoms with Crippen molar-refractivity contribution in [2.45, 2.75) is 84.8 Å². The number of carbonyl (C=O) groups is 2. The molecule has 0 aromatic heterocycles. The Morgan fingerprint density at radius 1 is 0.703 bits per heavy atom. The molecule has 2 aliphatic heterocycles. The number of hydrogen-bond donors (Lipinski definition) is 6. The summed E-state index contributed by atoms with van der Waals surface area (Å²) in [6.07, 6.45) is 13.9. The summed E-state index contributed by atoms with van der Waals surface area (Å²) in [4.78, 5) is 24.6. The topological polar surface area (TPSA) is 309 Å². The van der Waals surface area contributed by atoms with Gasteiger partial charge in [-0.2, -0.15) is 38.2 Å². The maximum atomic E-state index is 13.5. The number of hydrogen-bond acceptors (Lipinski definition) is 13. The molecule has 0 bridgehead atoms. The average molecular weight is 1100 g/mol. The molecule has 4 aromatic carbocycles. The number of carboxylic acids is 1. The maximum Gasteiger partial charge on any atom is 0.303 e. The van der Waals surface area contributed by atoms with Gasteiger partial charge in [-0.1, -0.05) is 36.4 Å². The number of nitrogens with one attached hydrogen (secondary N) is 1. The number of fused-ring (bicyclic) bond motifs is 6. The minimum atomic E-state index is -5.06. The third kappa shape index (κ3) is 12.7. The summed E-state index contributed by atoms with van der Waals surface area (Å²) in [6, 6.07) is 10.8. The van der Waals surface area contributed by atoms with E-state index in [9.17, 15) is 66.6 Å². The zero-order valence-electron chi connectivity index (χ0n) is 41.3. The molecular weight excluding hydrogens is 1040 g/mol. The number of nitrogens with zero attached hydrogens (tertiary/aromatic N) is 2. The van der Waals surface area contributed by atoms with Crippen molar-refractivity contribution in [2.24, 2.45) is 0 Å². The Kier molecular flexibility index (Phi) is 17.6. The number of amides is 1. The van der Waals surface area contributed by atoms with Crippen molar-refractivity contribution in [3.8, 4) is 0 Å². The molecule has 1 amide bonds. The lowest BCUT2D eigenvalue weighted by Gasteiger charge is -2.30. The van der Waals surface area contributed by atoms with Gasteiger partial charge in [-0.25, -0.2) is 0 Å². The molecule has 6 rings (SSSR count). The molecular formula is C50H60N3O17S4+. The van der Waals surface area contributed by atoms with Crippen LogP contribution in [0.15, 0.2) is 111 Å². The molecule has 0 aliphatic carbocycles. The largest absolute Gasteiger partial charge is 0.481 e. The van der Waals surface area contributed by atoms with Gasteiger partial charge < -0.3 is 24.8 Å². The maximum absolute atomic E-state index is 13.5. The number of carbonyl (C=O) groups excluding carboxylic acids is 1. The zero-order valence-corrected chi connectivity index (χ0v) is 44.6. The van der Waals surface area contributed by atoms with Gasteiger partial charge in [-0.15, -0.1) is 0 Å². The lowest BCUT2D eigenvalue weighted by atomic mass is 9.75. The number of ether oxygens (including phenoxy) is 2. The molecule has 1 atom stereocenters. The lowest BCUT2D eigenvalue weighted by molar-refractivity contribution is -0.438. The highest BCUT2D eigenvalue weighted by Crippen LogP contribution is 2.54. The molecule has 0 saturated carbocycles. The summed E-state index contributed by atoms with van der Waals surface area (Å²) >= 11 is 0. The van der Waals surface area contributed by atoms with Crippen LogP contribution in [0, 0.1) is 0 Å². The third-order valence-electron chi connectivity index (χ3n) is 13.2. The second kappa shape index (κ2) is 22.7. The van der Waals surface area contributed by atoms with E-state index in [1.807, 2.05) is 30.9 Å². The molecule has 1 unspecified atom stereocenters. The molecule has 6 N–H and O–H groups in total. The van der Waals surface area contributed by atoms with Gasteiger partial charge in [0, 0.05) is 85.6 Å². The van der Waals surface area contributed by atoms with E-state index in [0.29, 0.717) is 65.2 Å². The molecule has 2 aliphatic rings. The van der Waals surface area contributed by atoms with Crippen LogP contribution in [0.2, 0.25) is 0 Å². The Morgan fingerprint density at radius 3 is 1.95 bits per heavy atom. The van der Waals surface area contributed by atoms with Crippen LogP contribution in [0.3, 0.4) is 0 Å². The van der Waals surface area contributed by atoms with Crippen LogP contribution in [0.1, 0.15) is 80.8 Å². The molecule has 0 fully saturated rings. The Hall–Kier alpha value is -5.67. The quantitative estimate of drug-likeness (QED) is 0.0182. The van der Waals surface area contributed by atoms with Crippen LogP contribution in [0.5, 0.6) is 0 Å². The van der Waals surface area contributed by atoms with E-state index in [2.05, 4.69) is 9.89 Å². The van der Waals surface area contributed by atoms with Gasteiger partial charge in [0.25, 0.3) is 46.4 Å². The van der Waals surface area contributed by atoms with Crippen LogP contribution < -0.4 is 10.2 Å². The number of methoxy groups -OCH3 is 2. The Labute approximate surface area is 430 Å². The summed E-state index contributed by atoms with van der Waals surface area (Å²) in [5.74, 6) is -2.11. The van der Waals surface area contributed by atoms with E-state index in [1.54, 1.807) is 55.5 Å². The fourth-order valence-electron chi connectivity index (χ4n) is 9.97. The normalized spacial score (nSPS) is 17.7. The van der Waals surface area contributed by atoms with Crippen molar-refractivity contribution in [3.63, 3.8) is 0 Å². The number of carboxylic acid groups (broad SMARTS) is 1. The van der Waals surface area contributed by atoms with Crippen molar-refractivity contribution in [3.05, 3.63) is 113 Å². The number of anilines is 1. The van der Waals surface area contributed by atoms with Gasteiger partial charge in [0.1, 0.15) is 11.4 Å². The number of unbranched alkanes of at least 4 members (excludes halogenated alkanes) is 2. The van der Waals surface area contributed by atoms with E-state index in [4.69, 9.17) is 9.47 Å². The summed E-state index contributed by atoms with van der Waals surface area (Å²) < 4.78 is 152. The first kappa shape index (κ1) is 57.6. The molecule has 2 heterocycles. The first-order valence-corrected chi connectivity index (χ1v) is 29.2. The molecule has 24 heteroatoms. The summed E-state index contributed by atoms with van der Waals surface area (Å²) in [7, 11) is -16.3. The van der Waals surface area contributed by atoms with Gasteiger partial charge in [-0.05, 0) is 111 Å². The Morgan fingerprint density at radius 2 is 1.32 bits per heavy atom. The molecule has 0 spiro atoms. The van der Waals surface area contributed by atoms with Crippen LogP contribution in [-0.2, 0) is 65.6 Å². The van der Waals surface area contributed by atoms with E-state index in [-0.39, 0.29) is 61.9 Å². The van der Waals surface area contributed by atoms with Gasteiger partial charge in [0.05, 0.1) is 34.2 Å². The van der Waals surface area contributed by atoms with Crippen LogP contribution in [0.25, 0.3) is 21.5 Å². The highest BCUT2D eigenvalue weighted by atomic mass is 32.2. The molecule has 400 valence electrons. The van der Waals surface area contributed by atoms with E-state index in [0.717, 1.165) is 23.5 Å². The SMILES string of the molecule is COCCNC(=O)c1cc(S(=O)(=O)O)cc2c3c(ccc12)[N+](CCCCCC(=O)O)=C(C=CC=CC=CC=C1N(CCOC)c2ccc4c(S(=O)(=O)O)cc(S(=O)(=O)O)cc4c2C1(C)CCCS(=O)(=O)O)C3(C)C. The van der Waals surface area contributed by atoms with Crippen molar-refractivity contribution in [2.75, 3.05) is 57.7 Å². The van der Waals surface area contributed by atoms with Crippen LogP contribution in [-0.4, -0.2) is 132 Å². The Balaban J connectivity index is 1.43. The van der Waals surface area contributed by atoms with E-state index >= 15 is 0 Å². The molecule has 74 heavy (non-hydrogen) atoms. The van der Waals surface area contributed by atoms with Gasteiger partial charge >= 0.3 is 5.97 Å². The van der Waals surface area contributed by atoms with E-state index in [1.165, 1.54) is 26.4 Å². The minimum Gasteiger partial charge on any atom is -0.481 e. The number of benzene rings is 4. The monoisotopic (exact) mass is 1100 g/mol. The molecule has 0 radical (unpaired) electrons. The van der Waals surface area contributed by atoms with Gasteiger partial charge in [-0.3, -0.25) is 27.8 Å². The molecule has 20 nitrogen and oxygen atoms in total. The summed E-state index contributed by atoms with van der Waals surface area (Å²) in [5.41, 5.74) is 1.58. The van der Waals surface area contributed by atoms with Crippen molar-refractivity contribution in [1.29, 1.82) is 0 Å². The minimum absolute atomic E-state index is 0.00388. The predicted molar refractivity (Wildman–Crippen MR) is 278 cm³/mol. The second-order valence-corrected chi connectivity index (χ2v) is 24.4. The fraction of sp³-hybridized carbons (Fsp3) is 0.380. The summed E-state index contributed by atoms with van der Waals surface area (Å²) in [5, 5.41) is 12.8. The van der Waals surface area contributed by atoms with Crippen molar-refractivity contribution in [1.82, 2.24) is 5.32 Å². The van der Waals surface area contributed by atoms with Crippen molar-refractivity contribution >= 4 is 91.0 Å². The highest BCUT2D eigenvalue weighted by molar-refractivity contribution is 7.87.